The minimum Gasteiger partial charge on any atom is -0.495 e. The lowest BCUT2D eigenvalue weighted by Gasteiger charge is -2.24. The summed E-state index contributed by atoms with van der Waals surface area (Å²) in [5.41, 5.74) is 2.62. The van der Waals surface area contributed by atoms with Crippen LogP contribution in [-0.2, 0) is 4.79 Å². The predicted molar refractivity (Wildman–Crippen MR) is 112 cm³/mol. The fraction of sp³-hybridized carbons (Fsp3) is 0.318. The highest BCUT2D eigenvalue weighted by Gasteiger charge is 2.34. The molecule has 7 nitrogen and oxygen atoms in total. The quantitative estimate of drug-likeness (QED) is 0.753. The van der Waals surface area contributed by atoms with E-state index in [1.165, 1.54) is 11.8 Å². The van der Waals surface area contributed by atoms with Gasteiger partial charge in [-0.1, -0.05) is 18.2 Å². The molecule has 1 aliphatic rings. The molecule has 3 amide bonds. The number of rotatable bonds is 5. The second-order valence-corrected chi connectivity index (χ2v) is 7.11. The third-order valence-electron chi connectivity index (χ3n) is 4.95. The van der Waals surface area contributed by atoms with Crippen LogP contribution in [0, 0.1) is 6.92 Å². The lowest BCUT2D eigenvalue weighted by Crippen LogP contribution is -2.45. The van der Waals surface area contributed by atoms with Crippen LogP contribution in [0.25, 0.3) is 0 Å². The summed E-state index contributed by atoms with van der Waals surface area (Å²) in [5, 5.41) is 5.68. The van der Waals surface area contributed by atoms with Crippen molar-refractivity contribution in [3.8, 4) is 5.75 Å². The van der Waals surface area contributed by atoms with Crippen molar-refractivity contribution >= 4 is 29.1 Å². The molecule has 29 heavy (non-hydrogen) atoms. The number of nitrogens with one attached hydrogen (secondary N) is 2. The number of nitrogens with zero attached hydrogens (tertiary/aromatic N) is 1. The fourth-order valence-corrected chi connectivity index (χ4v) is 3.43. The molecule has 2 aromatic rings. The Bertz CT molecular complexity index is 941. The van der Waals surface area contributed by atoms with Crippen LogP contribution in [0.1, 0.15) is 35.7 Å². The number of benzene rings is 2. The van der Waals surface area contributed by atoms with Gasteiger partial charge in [-0.3, -0.25) is 9.59 Å². The Balaban J connectivity index is 1.71. The molecule has 0 saturated carbocycles. The van der Waals surface area contributed by atoms with E-state index >= 15 is 0 Å². The third-order valence-corrected chi connectivity index (χ3v) is 4.95. The second-order valence-electron chi connectivity index (χ2n) is 7.11. The Labute approximate surface area is 170 Å². The number of ketones is 1. The molecule has 2 aromatic carbocycles. The number of hydrogen-bond donors (Lipinski definition) is 2. The van der Waals surface area contributed by atoms with Crippen LogP contribution in [0.2, 0.25) is 0 Å². The van der Waals surface area contributed by atoms with Crippen molar-refractivity contribution in [1.29, 1.82) is 0 Å². The average Bonchev–Trinajstić information content (AvgIpc) is 3.18. The Morgan fingerprint density at radius 3 is 2.62 bits per heavy atom. The summed E-state index contributed by atoms with van der Waals surface area (Å²) >= 11 is 0. The van der Waals surface area contributed by atoms with E-state index in [1.54, 1.807) is 37.4 Å². The highest BCUT2D eigenvalue weighted by molar-refractivity contribution is 6.01. The largest absolute Gasteiger partial charge is 0.495 e. The van der Waals surface area contributed by atoms with Gasteiger partial charge < -0.3 is 20.3 Å². The van der Waals surface area contributed by atoms with Crippen LogP contribution in [0.5, 0.6) is 5.75 Å². The summed E-state index contributed by atoms with van der Waals surface area (Å²) in [6.45, 7) is 3.89. The van der Waals surface area contributed by atoms with Crippen LogP contribution in [0.3, 0.4) is 0 Å². The number of anilines is 2. The van der Waals surface area contributed by atoms with Crippen molar-refractivity contribution < 1.29 is 19.1 Å². The van der Waals surface area contributed by atoms with Gasteiger partial charge in [0.15, 0.2) is 5.78 Å². The van der Waals surface area contributed by atoms with Crippen molar-refractivity contribution in [2.45, 2.75) is 32.7 Å². The molecule has 0 radical (unpaired) electrons. The molecule has 2 N–H and O–H groups in total. The summed E-state index contributed by atoms with van der Waals surface area (Å²) in [4.78, 5) is 38.7. The zero-order chi connectivity index (χ0) is 21.0. The zero-order valence-corrected chi connectivity index (χ0v) is 16.8. The summed E-state index contributed by atoms with van der Waals surface area (Å²) < 4.78 is 5.31. The van der Waals surface area contributed by atoms with Gasteiger partial charge in [0.1, 0.15) is 11.8 Å². The summed E-state index contributed by atoms with van der Waals surface area (Å²) in [7, 11) is 1.55. The fourth-order valence-electron chi connectivity index (χ4n) is 3.43. The zero-order valence-electron chi connectivity index (χ0n) is 16.8. The molecular formula is C22H25N3O4. The van der Waals surface area contributed by atoms with E-state index in [1.807, 2.05) is 19.1 Å². The molecule has 7 heteroatoms. The molecule has 3 rings (SSSR count). The van der Waals surface area contributed by atoms with Crippen molar-refractivity contribution in [2.24, 2.45) is 0 Å². The van der Waals surface area contributed by atoms with Crippen LogP contribution in [0.15, 0.2) is 42.5 Å². The molecule has 1 atom stereocenters. The highest BCUT2D eigenvalue weighted by Crippen LogP contribution is 2.27. The van der Waals surface area contributed by atoms with Crippen LogP contribution < -0.4 is 15.4 Å². The van der Waals surface area contributed by atoms with E-state index < -0.39 is 6.04 Å². The molecule has 1 saturated heterocycles. The maximum atomic E-state index is 12.9. The van der Waals surface area contributed by atoms with Gasteiger partial charge in [-0.2, -0.15) is 0 Å². The van der Waals surface area contributed by atoms with Crippen LogP contribution in [-0.4, -0.2) is 42.3 Å². The summed E-state index contributed by atoms with van der Waals surface area (Å²) in [6.07, 6.45) is 1.32. The first-order valence-corrected chi connectivity index (χ1v) is 9.53. The number of carbonyl (C=O) groups is 3. The molecule has 0 spiro atoms. The molecular weight excluding hydrogens is 370 g/mol. The number of aryl methyl sites for hydroxylation is 1. The Morgan fingerprint density at radius 2 is 1.90 bits per heavy atom. The average molecular weight is 395 g/mol. The van der Waals surface area contributed by atoms with Crippen LogP contribution >= 0.6 is 0 Å². The van der Waals surface area contributed by atoms with Crippen molar-refractivity contribution in [2.75, 3.05) is 24.3 Å². The number of hydrogen-bond acceptors (Lipinski definition) is 4. The van der Waals surface area contributed by atoms with Gasteiger partial charge in [-0.05, 0) is 56.5 Å². The van der Waals surface area contributed by atoms with Gasteiger partial charge >= 0.3 is 6.03 Å². The first kappa shape index (κ1) is 20.4. The van der Waals surface area contributed by atoms with E-state index in [2.05, 4.69) is 10.6 Å². The molecule has 152 valence electrons. The van der Waals surface area contributed by atoms with Gasteiger partial charge in [0.25, 0.3) is 0 Å². The molecule has 1 aliphatic heterocycles. The first-order valence-electron chi connectivity index (χ1n) is 9.53. The first-order chi connectivity index (χ1) is 13.9. The van der Waals surface area contributed by atoms with Gasteiger partial charge in [0, 0.05) is 17.8 Å². The monoisotopic (exact) mass is 395 g/mol. The number of methoxy groups -OCH3 is 1. The normalized spacial score (nSPS) is 15.7. The van der Waals surface area contributed by atoms with Gasteiger partial charge in [0.05, 0.1) is 12.8 Å². The van der Waals surface area contributed by atoms with Crippen molar-refractivity contribution in [1.82, 2.24) is 4.90 Å². The predicted octanol–water partition coefficient (Wildman–Crippen LogP) is 3.84. The molecule has 0 aromatic heterocycles. The second kappa shape index (κ2) is 8.77. The Kier molecular flexibility index (Phi) is 6.16. The third kappa shape index (κ3) is 4.74. The maximum Gasteiger partial charge on any atom is 0.322 e. The number of Topliss-reactive ketones (excluding diaryl/α,β-unsaturated/α-hetero) is 1. The molecule has 1 fully saturated rings. The Hall–Kier alpha value is -3.35. The number of ether oxygens (including phenoxy) is 1. The Morgan fingerprint density at radius 1 is 1.10 bits per heavy atom. The topological polar surface area (TPSA) is 87.7 Å². The van der Waals surface area contributed by atoms with Gasteiger partial charge in [0.2, 0.25) is 5.91 Å². The minimum atomic E-state index is -0.573. The molecule has 1 heterocycles. The molecule has 0 aliphatic carbocycles. The van der Waals surface area contributed by atoms with E-state index in [0.29, 0.717) is 35.7 Å². The maximum absolute atomic E-state index is 12.9. The van der Waals surface area contributed by atoms with E-state index in [0.717, 1.165) is 12.0 Å². The van der Waals surface area contributed by atoms with Crippen molar-refractivity contribution in [3.63, 3.8) is 0 Å². The summed E-state index contributed by atoms with van der Waals surface area (Å²) in [6, 6.07) is 11.4. The molecule has 0 unspecified atom stereocenters. The highest BCUT2D eigenvalue weighted by atomic mass is 16.5. The van der Waals surface area contributed by atoms with Gasteiger partial charge in [-0.15, -0.1) is 0 Å². The van der Waals surface area contributed by atoms with Gasteiger partial charge in [-0.25, -0.2) is 4.79 Å². The number of carbonyl (C=O) groups excluding carboxylic acids is 3. The molecule has 0 bridgehead atoms. The number of likely N-dealkylation sites (tertiary alicyclic amines) is 1. The van der Waals surface area contributed by atoms with Crippen molar-refractivity contribution in [3.05, 3.63) is 53.6 Å². The number of urea groups is 1. The lowest BCUT2D eigenvalue weighted by molar-refractivity contribution is -0.119. The summed E-state index contributed by atoms with van der Waals surface area (Å²) in [5.74, 6) is 0.240. The van der Waals surface area contributed by atoms with E-state index in [-0.39, 0.29) is 17.7 Å². The lowest BCUT2D eigenvalue weighted by atomic mass is 10.1. The van der Waals surface area contributed by atoms with E-state index in [4.69, 9.17) is 4.74 Å². The standard InChI is InChI=1S/C22H25N3O4/c1-14-9-10-20(29-3)18(12-14)24-21(27)19-8-5-11-25(19)22(28)23-17-7-4-6-16(13-17)15(2)26/h4,6-7,9-10,12-13,19H,5,8,11H2,1-3H3,(H,23,28)(H,24,27)/t19-/m1/s1. The minimum absolute atomic E-state index is 0.0772. The number of amides is 3. The SMILES string of the molecule is COc1ccc(C)cc1NC(=O)[C@H]1CCCN1C(=O)Nc1cccc(C(C)=O)c1. The smallest absolute Gasteiger partial charge is 0.322 e. The van der Waals surface area contributed by atoms with E-state index in [9.17, 15) is 14.4 Å². The van der Waals surface area contributed by atoms with Crippen LogP contribution in [0.4, 0.5) is 16.2 Å².